The maximum Gasteiger partial charge on any atom is 0.269 e. The Morgan fingerprint density at radius 1 is 1.25 bits per heavy atom. The minimum Gasteiger partial charge on any atom is -0.494 e. The fraction of sp³-hybridized carbons (Fsp3) is 0.429. The van der Waals surface area contributed by atoms with Crippen LogP contribution in [0.15, 0.2) is 42.6 Å². The van der Waals surface area contributed by atoms with Crippen molar-refractivity contribution in [3.63, 3.8) is 0 Å². The number of nitrogens with zero attached hydrogens (tertiary/aromatic N) is 2. The van der Waals surface area contributed by atoms with Gasteiger partial charge in [-0.05, 0) is 56.7 Å². The lowest BCUT2D eigenvalue weighted by atomic mass is 10.2. The van der Waals surface area contributed by atoms with Gasteiger partial charge in [-0.25, -0.2) is 4.39 Å². The molecule has 0 saturated carbocycles. The zero-order valence-electron chi connectivity index (χ0n) is 16.2. The topological polar surface area (TPSA) is 63.7 Å². The molecular weight excluding hydrogens is 361 g/mol. The number of hydrogen-bond acceptors (Lipinski definition) is 5. The molecule has 1 aliphatic heterocycles. The van der Waals surface area contributed by atoms with Crippen LogP contribution >= 0.6 is 0 Å². The van der Waals surface area contributed by atoms with Crippen molar-refractivity contribution in [1.29, 1.82) is 0 Å². The summed E-state index contributed by atoms with van der Waals surface area (Å²) < 4.78 is 24.1. The van der Waals surface area contributed by atoms with Gasteiger partial charge in [0.2, 0.25) is 0 Å². The molecule has 0 unspecified atom stereocenters. The lowest BCUT2D eigenvalue weighted by Crippen LogP contribution is -2.45. The van der Waals surface area contributed by atoms with E-state index in [1.165, 1.54) is 12.1 Å². The molecule has 1 aromatic carbocycles. The van der Waals surface area contributed by atoms with Gasteiger partial charge in [-0.1, -0.05) is 0 Å². The Morgan fingerprint density at radius 2 is 1.96 bits per heavy atom. The molecule has 1 aliphatic rings. The number of hydrogen-bond donors (Lipinski definition) is 1. The highest BCUT2D eigenvalue weighted by molar-refractivity contribution is 5.93. The predicted octanol–water partition coefficient (Wildman–Crippen LogP) is 3.03. The van der Waals surface area contributed by atoms with Crippen molar-refractivity contribution in [2.75, 3.05) is 31.1 Å². The average Bonchev–Trinajstić information content (AvgIpc) is 2.68. The average molecular weight is 387 g/mol. The van der Waals surface area contributed by atoms with E-state index in [-0.39, 0.29) is 23.9 Å². The normalized spacial score (nSPS) is 19.3. The summed E-state index contributed by atoms with van der Waals surface area (Å²) in [6, 6.07) is 9.60. The van der Waals surface area contributed by atoms with Crippen molar-refractivity contribution in [1.82, 2.24) is 10.3 Å². The Kier molecular flexibility index (Phi) is 6.81. The van der Waals surface area contributed by atoms with E-state index in [0.29, 0.717) is 31.0 Å². The van der Waals surface area contributed by atoms with E-state index in [2.05, 4.69) is 15.2 Å². The minimum atomic E-state index is -0.296. The van der Waals surface area contributed by atoms with Crippen molar-refractivity contribution in [2.24, 2.45) is 0 Å². The molecule has 2 heterocycles. The number of nitrogens with one attached hydrogen (secondary N) is 1. The van der Waals surface area contributed by atoms with Crippen molar-refractivity contribution in [3.8, 4) is 5.75 Å². The van der Waals surface area contributed by atoms with Crippen LogP contribution in [0.5, 0.6) is 5.75 Å². The number of pyridine rings is 1. The highest BCUT2D eigenvalue weighted by atomic mass is 19.1. The summed E-state index contributed by atoms with van der Waals surface area (Å²) in [5.74, 6) is 0.101. The number of carbonyl (C=O) groups excluding carboxylic acids is 1. The van der Waals surface area contributed by atoms with Gasteiger partial charge in [-0.3, -0.25) is 9.78 Å². The van der Waals surface area contributed by atoms with Crippen LogP contribution in [0.3, 0.4) is 0 Å². The molecule has 7 heteroatoms. The first-order valence-electron chi connectivity index (χ1n) is 9.54. The number of halogens is 1. The first kappa shape index (κ1) is 20.1. The first-order valence-corrected chi connectivity index (χ1v) is 9.54. The molecule has 1 N–H and O–H groups in total. The maximum absolute atomic E-state index is 12.8. The Morgan fingerprint density at radius 3 is 2.68 bits per heavy atom. The lowest BCUT2D eigenvalue weighted by molar-refractivity contribution is -0.00522. The van der Waals surface area contributed by atoms with Crippen LogP contribution in [-0.4, -0.2) is 49.3 Å². The smallest absolute Gasteiger partial charge is 0.269 e. The molecule has 0 radical (unpaired) electrons. The number of rotatable bonds is 7. The quantitative estimate of drug-likeness (QED) is 0.740. The molecule has 28 heavy (non-hydrogen) atoms. The third-order valence-electron chi connectivity index (χ3n) is 4.45. The van der Waals surface area contributed by atoms with Gasteiger partial charge >= 0.3 is 0 Å². The monoisotopic (exact) mass is 387 g/mol. The number of morpholine rings is 1. The molecule has 150 valence electrons. The van der Waals surface area contributed by atoms with Crippen LogP contribution in [0.1, 0.15) is 30.8 Å². The van der Waals surface area contributed by atoms with Crippen LogP contribution in [0.25, 0.3) is 0 Å². The molecule has 6 nitrogen and oxygen atoms in total. The predicted molar refractivity (Wildman–Crippen MR) is 105 cm³/mol. The van der Waals surface area contributed by atoms with Gasteiger partial charge in [0.1, 0.15) is 17.3 Å². The van der Waals surface area contributed by atoms with Crippen LogP contribution in [0, 0.1) is 5.82 Å². The molecule has 0 spiro atoms. The second-order valence-corrected chi connectivity index (χ2v) is 6.97. The van der Waals surface area contributed by atoms with Crippen molar-refractivity contribution >= 4 is 11.6 Å². The number of anilines is 1. The van der Waals surface area contributed by atoms with Gasteiger partial charge in [-0.15, -0.1) is 0 Å². The number of carbonyl (C=O) groups is 1. The van der Waals surface area contributed by atoms with Crippen molar-refractivity contribution < 1.29 is 18.7 Å². The molecule has 3 rings (SSSR count). The second kappa shape index (κ2) is 9.50. The Hall–Kier alpha value is -2.67. The highest BCUT2D eigenvalue weighted by Gasteiger charge is 2.23. The van der Waals surface area contributed by atoms with Crippen molar-refractivity contribution in [3.05, 3.63) is 54.1 Å². The Bertz CT molecular complexity index is 775. The highest BCUT2D eigenvalue weighted by Crippen LogP contribution is 2.20. The van der Waals surface area contributed by atoms with E-state index in [9.17, 15) is 9.18 Å². The van der Waals surface area contributed by atoms with E-state index in [1.807, 2.05) is 26.0 Å². The Balaban J connectivity index is 1.46. The van der Waals surface area contributed by atoms with Gasteiger partial charge in [0.15, 0.2) is 0 Å². The van der Waals surface area contributed by atoms with E-state index in [0.717, 1.165) is 18.8 Å². The summed E-state index contributed by atoms with van der Waals surface area (Å²) in [4.78, 5) is 18.8. The van der Waals surface area contributed by atoms with Crippen LogP contribution in [0.2, 0.25) is 0 Å². The lowest BCUT2D eigenvalue weighted by Gasteiger charge is -2.36. The fourth-order valence-electron chi connectivity index (χ4n) is 3.21. The summed E-state index contributed by atoms with van der Waals surface area (Å²) in [6.07, 6.45) is 2.60. The molecule has 1 amide bonds. The SMILES string of the molecule is C[C@@H]1CN(c2ccnc(C(=O)NCCCOc3ccc(F)cc3)c2)C[C@H](C)O1. The zero-order chi connectivity index (χ0) is 19.9. The Labute approximate surface area is 164 Å². The molecule has 1 fully saturated rings. The molecular formula is C21H26FN3O3. The second-order valence-electron chi connectivity index (χ2n) is 6.97. The number of ether oxygens (including phenoxy) is 2. The summed E-state index contributed by atoms with van der Waals surface area (Å²) in [6.45, 7) is 6.57. The maximum atomic E-state index is 12.8. The van der Waals surface area contributed by atoms with Gasteiger partial charge in [0, 0.05) is 31.5 Å². The third kappa shape index (κ3) is 5.66. The van der Waals surface area contributed by atoms with E-state index in [1.54, 1.807) is 18.3 Å². The molecule has 2 aromatic rings. The number of aromatic nitrogens is 1. The van der Waals surface area contributed by atoms with E-state index in [4.69, 9.17) is 9.47 Å². The van der Waals surface area contributed by atoms with E-state index < -0.39 is 0 Å². The first-order chi connectivity index (χ1) is 13.5. The molecule has 0 aliphatic carbocycles. The van der Waals surface area contributed by atoms with Gasteiger partial charge < -0.3 is 19.7 Å². The van der Waals surface area contributed by atoms with Crippen LogP contribution in [0.4, 0.5) is 10.1 Å². The summed E-state index contributed by atoms with van der Waals surface area (Å²) >= 11 is 0. The molecule has 2 atom stereocenters. The zero-order valence-corrected chi connectivity index (χ0v) is 16.2. The third-order valence-corrected chi connectivity index (χ3v) is 4.45. The standard InChI is InChI=1S/C21H26FN3O3/c1-15-13-25(14-16(2)28-15)18-8-10-23-20(12-18)21(26)24-9-3-11-27-19-6-4-17(22)5-7-19/h4-8,10,12,15-16H,3,9,11,13-14H2,1-2H3,(H,24,26)/t15-,16+. The minimum absolute atomic E-state index is 0.148. The fourth-order valence-corrected chi connectivity index (χ4v) is 3.21. The van der Waals surface area contributed by atoms with Crippen LogP contribution < -0.4 is 15.0 Å². The van der Waals surface area contributed by atoms with Crippen LogP contribution in [-0.2, 0) is 4.74 Å². The van der Waals surface area contributed by atoms with E-state index >= 15 is 0 Å². The largest absolute Gasteiger partial charge is 0.494 e. The van der Waals surface area contributed by atoms with Gasteiger partial charge in [-0.2, -0.15) is 0 Å². The number of amides is 1. The van der Waals surface area contributed by atoms with Crippen molar-refractivity contribution in [2.45, 2.75) is 32.5 Å². The van der Waals surface area contributed by atoms with Gasteiger partial charge in [0.25, 0.3) is 5.91 Å². The molecule has 0 bridgehead atoms. The number of benzene rings is 1. The molecule has 1 aromatic heterocycles. The summed E-state index contributed by atoms with van der Waals surface area (Å²) in [7, 11) is 0. The molecule has 1 saturated heterocycles. The summed E-state index contributed by atoms with van der Waals surface area (Å²) in [5, 5.41) is 2.86. The summed E-state index contributed by atoms with van der Waals surface area (Å²) in [5.41, 5.74) is 1.37. The van der Waals surface area contributed by atoms with Gasteiger partial charge in [0.05, 0.1) is 18.8 Å².